The fourth-order valence-corrected chi connectivity index (χ4v) is 1.98. The molecule has 92 valence electrons. The van der Waals surface area contributed by atoms with Gasteiger partial charge in [-0.2, -0.15) is 0 Å². The molecule has 1 aromatic heterocycles. The van der Waals surface area contributed by atoms with Crippen molar-refractivity contribution in [3.05, 3.63) is 61.8 Å². The van der Waals surface area contributed by atoms with Gasteiger partial charge in [0, 0.05) is 11.8 Å². The summed E-state index contributed by atoms with van der Waals surface area (Å²) in [4.78, 5) is 26.7. The van der Waals surface area contributed by atoms with Crippen LogP contribution in [-0.4, -0.2) is 15.5 Å². The molecule has 0 unspecified atom stereocenters. The van der Waals surface area contributed by atoms with E-state index in [4.69, 9.17) is 5.73 Å². The van der Waals surface area contributed by atoms with Gasteiger partial charge in [-0.1, -0.05) is 12.1 Å². The molecule has 0 aliphatic carbocycles. The summed E-state index contributed by atoms with van der Waals surface area (Å²) >= 11 is 1.95. The van der Waals surface area contributed by atoms with Crippen LogP contribution in [0, 0.1) is 3.57 Å². The predicted molar refractivity (Wildman–Crippen MR) is 75.3 cm³/mol. The maximum absolute atomic E-state index is 11.8. The lowest BCUT2D eigenvalue weighted by molar-refractivity contribution is 0.100. The Hall–Kier alpha value is -1.70. The van der Waals surface area contributed by atoms with Gasteiger partial charge in [0.2, 0.25) is 5.91 Å². The largest absolute Gasteiger partial charge is 0.366 e. The summed E-state index contributed by atoms with van der Waals surface area (Å²) in [6.45, 7) is 0.418. The van der Waals surface area contributed by atoms with Gasteiger partial charge < -0.3 is 5.73 Å². The van der Waals surface area contributed by atoms with Gasteiger partial charge in [0.15, 0.2) is 0 Å². The Morgan fingerprint density at radius 3 is 2.61 bits per heavy atom. The van der Waals surface area contributed by atoms with E-state index < -0.39 is 5.91 Å². The highest BCUT2D eigenvalue weighted by Crippen LogP contribution is 2.05. The summed E-state index contributed by atoms with van der Waals surface area (Å²) in [5, 5.41) is 0. The minimum Gasteiger partial charge on any atom is -0.366 e. The van der Waals surface area contributed by atoms with Crippen molar-refractivity contribution < 1.29 is 4.79 Å². The zero-order valence-corrected chi connectivity index (χ0v) is 11.5. The highest BCUT2D eigenvalue weighted by molar-refractivity contribution is 14.1. The number of nitrogens with two attached hydrogens (primary N) is 1. The Morgan fingerprint density at radius 1 is 1.33 bits per heavy atom. The number of aromatic nitrogens is 2. The smallest absolute Gasteiger partial charge is 0.267 e. The fraction of sp³-hybridized carbons (Fsp3) is 0.0833. The third kappa shape index (κ3) is 2.76. The van der Waals surface area contributed by atoms with Crippen molar-refractivity contribution in [2.45, 2.75) is 6.54 Å². The molecule has 0 radical (unpaired) electrons. The number of primary amides is 1. The van der Waals surface area contributed by atoms with Gasteiger partial charge in [-0.25, -0.2) is 4.98 Å². The first kappa shape index (κ1) is 12.7. The first-order chi connectivity index (χ1) is 8.58. The van der Waals surface area contributed by atoms with Crippen LogP contribution < -0.4 is 11.3 Å². The van der Waals surface area contributed by atoms with Crippen LogP contribution in [0.5, 0.6) is 0 Å². The predicted octanol–water partition coefficient (Wildman–Crippen LogP) is 0.995. The molecule has 0 atom stereocenters. The van der Waals surface area contributed by atoms with Crippen molar-refractivity contribution in [3.8, 4) is 0 Å². The quantitative estimate of drug-likeness (QED) is 0.835. The lowest BCUT2D eigenvalue weighted by Crippen LogP contribution is -2.23. The Balaban J connectivity index is 2.26. The van der Waals surface area contributed by atoms with Crippen molar-refractivity contribution in [2.75, 3.05) is 0 Å². The zero-order chi connectivity index (χ0) is 13.1. The van der Waals surface area contributed by atoms with E-state index in [0.29, 0.717) is 15.7 Å². The number of carbonyl (C=O) groups is 1. The number of amides is 1. The molecule has 0 saturated carbocycles. The number of hydrogen-bond donors (Lipinski definition) is 1. The molecule has 2 aromatic rings. The van der Waals surface area contributed by atoms with E-state index in [1.165, 1.54) is 17.1 Å². The summed E-state index contributed by atoms with van der Waals surface area (Å²) < 4.78 is 2.09. The third-order valence-electron chi connectivity index (χ3n) is 2.45. The topological polar surface area (TPSA) is 78.0 Å². The van der Waals surface area contributed by atoms with Gasteiger partial charge in [0.25, 0.3) is 5.56 Å². The molecule has 0 aliphatic rings. The molecular weight excluding hydrogens is 345 g/mol. The highest BCUT2D eigenvalue weighted by atomic mass is 127. The van der Waals surface area contributed by atoms with Gasteiger partial charge in [-0.3, -0.25) is 14.2 Å². The van der Waals surface area contributed by atoms with Crippen molar-refractivity contribution >= 4 is 28.5 Å². The number of halogens is 1. The average Bonchev–Trinajstić information content (AvgIpc) is 2.36. The molecule has 0 fully saturated rings. The molecule has 5 nitrogen and oxygen atoms in total. The SMILES string of the molecule is NC(=O)c1ccc(Cn2cncc(I)c2=O)cc1. The van der Waals surface area contributed by atoms with Gasteiger partial charge in [-0.15, -0.1) is 0 Å². The van der Waals surface area contributed by atoms with E-state index in [2.05, 4.69) is 4.98 Å². The van der Waals surface area contributed by atoms with Gasteiger partial charge in [-0.05, 0) is 40.3 Å². The number of benzene rings is 1. The van der Waals surface area contributed by atoms with E-state index in [-0.39, 0.29) is 5.56 Å². The molecule has 1 amide bonds. The third-order valence-corrected chi connectivity index (χ3v) is 3.19. The lowest BCUT2D eigenvalue weighted by Gasteiger charge is -2.05. The van der Waals surface area contributed by atoms with Crippen LogP contribution in [-0.2, 0) is 6.54 Å². The number of hydrogen-bond acceptors (Lipinski definition) is 3. The first-order valence-electron chi connectivity index (χ1n) is 5.16. The van der Waals surface area contributed by atoms with E-state index >= 15 is 0 Å². The number of carbonyl (C=O) groups excluding carboxylic acids is 1. The molecule has 1 heterocycles. The van der Waals surface area contributed by atoms with Crippen LogP contribution in [0.3, 0.4) is 0 Å². The molecule has 0 spiro atoms. The lowest BCUT2D eigenvalue weighted by atomic mass is 10.1. The number of nitrogens with zero attached hydrogens (tertiary/aromatic N) is 2. The molecule has 1 aromatic carbocycles. The van der Waals surface area contributed by atoms with Crippen LogP contribution in [0.1, 0.15) is 15.9 Å². The Bertz CT molecular complexity index is 635. The first-order valence-corrected chi connectivity index (χ1v) is 6.24. The van der Waals surface area contributed by atoms with Crippen molar-refractivity contribution in [2.24, 2.45) is 5.73 Å². The standard InChI is InChI=1S/C12H10IN3O2/c13-10-5-15-7-16(12(10)18)6-8-1-3-9(4-2-8)11(14)17/h1-5,7H,6H2,(H2,14,17). The van der Waals surface area contributed by atoms with Crippen LogP contribution in [0.4, 0.5) is 0 Å². The Morgan fingerprint density at radius 2 is 2.00 bits per heavy atom. The molecule has 2 N–H and O–H groups in total. The monoisotopic (exact) mass is 355 g/mol. The molecular formula is C12H10IN3O2. The molecule has 2 rings (SSSR count). The number of rotatable bonds is 3. The van der Waals surface area contributed by atoms with Gasteiger partial charge >= 0.3 is 0 Å². The summed E-state index contributed by atoms with van der Waals surface area (Å²) in [6.07, 6.45) is 3.02. The van der Waals surface area contributed by atoms with Crippen LogP contribution in [0.2, 0.25) is 0 Å². The second kappa shape index (κ2) is 5.30. The summed E-state index contributed by atoms with van der Waals surface area (Å²) in [7, 11) is 0. The summed E-state index contributed by atoms with van der Waals surface area (Å²) in [5.74, 6) is -0.463. The normalized spacial score (nSPS) is 10.3. The minimum atomic E-state index is -0.463. The fourth-order valence-electron chi connectivity index (χ4n) is 1.51. The molecule has 0 bridgehead atoms. The van der Waals surface area contributed by atoms with E-state index in [9.17, 15) is 9.59 Å². The Kier molecular flexibility index (Phi) is 3.75. The van der Waals surface area contributed by atoms with Crippen molar-refractivity contribution in [3.63, 3.8) is 0 Å². The van der Waals surface area contributed by atoms with E-state index in [1.807, 2.05) is 22.6 Å². The zero-order valence-electron chi connectivity index (χ0n) is 9.34. The molecule has 0 aliphatic heterocycles. The van der Waals surface area contributed by atoms with E-state index in [0.717, 1.165) is 5.56 Å². The van der Waals surface area contributed by atoms with Crippen molar-refractivity contribution in [1.82, 2.24) is 9.55 Å². The van der Waals surface area contributed by atoms with Gasteiger partial charge in [0.05, 0.1) is 16.4 Å². The second-order valence-electron chi connectivity index (χ2n) is 3.74. The minimum absolute atomic E-state index is 0.0791. The average molecular weight is 355 g/mol. The van der Waals surface area contributed by atoms with Gasteiger partial charge in [0.1, 0.15) is 0 Å². The van der Waals surface area contributed by atoms with E-state index in [1.54, 1.807) is 24.3 Å². The summed E-state index contributed by atoms with van der Waals surface area (Å²) in [6, 6.07) is 6.83. The molecule has 18 heavy (non-hydrogen) atoms. The molecule has 6 heteroatoms. The highest BCUT2D eigenvalue weighted by Gasteiger charge is 2.03. The summed E-state index contributed by atoms with van der Waals surface area (Å²) in [5.41, 5.74) is 6.44. The maximum Gasteiger partial charge on any atom is 0.267 e. The van der Waals surface area contributed by atoms with Crippen molar-refractivity contribution in [1.29, 1.82) is 0 Å². The second-order valence-corrected chi connectivity index (χ2v) is 4.90. The molecule has 0 saturated heterocycles. The van der Waals surface area contributed by atoms with Crippen LogP contribution in [0.15, 0.2) is 41.6 Å². The maximum atomic E-state index is 11.8. The Labute approximate surface area is 117 Å². The van der Waals surface area contributed by atoms with Crippen LogP contribution in [0.25, 0.3) is 0 Å². The van der Waals surface area contributed by atoms with Crippen LogP contribution >= 0.6 is 22.6 Å².